The third-order valence-electron chi connectivity index (χ3n) is 3.86. The Bertz CT molecular complexity index is 314. The minimum Gasteiger partial charge on any atom is -0.321 e. The highest BCUT2D eigenvalue weighted by molar-refractivity contribution is 5.80. The Labute approximate surface area is 119 Å². The Morgan fingerprint density at radius 1 is 0.650 bits per heavy atom. The van der Waals surface area contributed by atoms with E-state index in [1.807, 2.05) is 14.1 Å². The maximum atomic E-state index is 11.9. The van der Waals surface area contributed by atoms with Crippen LogP contribution in [0.15, 0.2) is 0 Å². The van der Waals surface area contributed by atoms with Crippen molar-refractivity contribution in [2.24, 2.45) is 0 Å². The smallest absolute Gasteiger partial charge is 0.321 e. The molecule has 0 aliphatic carbocycles. The molecular formula is C12H24N6O2. The average molecular weight is 284 g/mol. The van der Waals surface area contributed by atoms with Crippen LogP contribution in [0.4, 0.5) is 9.59 Å². The van der Waals surface area contributed by atoms with Gasteiger partial charge in [0, 0.05) is 52.4 Å². The van der Waals surface area contributed by atoms with Gasteiger partial charge in [-0.05, 0) is 14.1 Å². The van der Waals surface area contributed by atoms with Crippen LogP contribution < -0.4 is 10.9 Å². The largest absolute Gasteiger partial charge is 0.336 e. The Balaban J connectivity index is 1.69. The van der Waals surface area contributed by atoms with Crippen molar-refractivity contribution in [2.45, 2.75) is 0 Å². The molecule has 0 bridgehead atoms. The maximum absolute atomic E-state index is 11.9. The van der Waals surface area contributed by atoms with Gasteiger partial charge in [-0.15, -0.1) is 0 Å². The maximum Gasteiger partial charge on any atom is 0.336 e. The van der Waals surface area contributed by atoms with Crippen LogP contribution in [-0.4, -0.2) is 98.1 Å². The highest BCUT2D eigenvalue weighted by Crippen LogP contribution is 2.00. The zero-order valence-electron chi connectivity index (χ0n) is 12.3. The van der Waals surface area contributed by atoms with Gasteiger partial charge in [-0.2, -0.15) is 0 Å². The number of carbonyl (C=O) groups is 2. The van der Waals surface area contributed by atoms with Crippen LogP contribution in [0.25, 0.3) is 0 Å². The summed E-state index contributed by atoms with van der Waals surface area (Å²) in [6.45, 7) is 6.19. The molecule has 20 heavy (non-hydrogen) atoms. The van der Waals surface area contributed by atoms with Crippen LogP contribution >= 0.6 is 0 Å². The molecule has 8 nitrogen and oxygen atoms in total. The summed E-state index contributed by atoms with van der Waals surface area (Å²) in [6, 6.07) is -0.471. The molecule has 4 amide bonds. The fourth-order valence-corrected chi connectivity index (χ4v) is 2.28. The van der Waals surface area contributed by atoms with Gasteiger partial charge >= 0.3 is 12.1 Å². The van der Waals surface area contributed by atoms with E-state index in [0.717, 1.165) is 26.2 Å². The van der Waals surface area contributed by atoms with Gasteiger partial charge < -0.3 is 19.6 Å². The van der Waals surface area contributed by atoms with Crippen molar-refractivity contribution < 1.29 is 9.59 Å². The van der Waals surface area contributed by atoms with E-state index in [1.165, 1.54) is 0 Å². The Morgan fingerprint density at radius 3 is 1.25 bits per heavy atom. The molecule has 8 heteroatoms. The first-order valence-electron chi connectivity index (χ1n) is 7.03. The molecule has 114 valence electrons. The third-order valence-corrected chi connectivity index (χ3v) is 3.86. The quantitative estimate of drug-likeness (QED) is 0.549. The third kappa shape index (κ3) is 3.97. The summed E-state index contributed by atoms with van der Waals surface area (Å²) in [7, 11) is 4.06. The van der Waals surface area contributed by atoms with Crippen LogP contribution in [0.2, 0.25) is 0 Å². The van der Waals surface area contributed by atoms with Gasteiger partial charge in [-0.1, -0.05) is 0 Å². The minimum atomic E-state index is -0.236. The van der Waals surface area contributed by atoms with E-state index in [9.17, 15) is 9.59 Å². The average Bonchev–Trinajstić information content (AvgIpc) is 2.46. The number of nitrogens with zero attached hydrogens (tertiary/aromatic N) is 4. The molecule has 2 heterocycles. The molecule has 0 aromatic heterocycles. The van der Waals surface area contributed by atoms with Crippen molar-refractivity contribution in [3.05, 3.63) is 0 Å². The zero-order valence-corrected chi connectivity index (χ0v) is 12.3. The lowest BCUT2D eigenvalue weighted by Crippen LogP contribution is -2.58. The second kappa shape index (κ2) is 6.76. The molecule has 2 rings (SSSR count). The topological polar surface area (TPSA) is 71.2 Å². The van der Waals surface area contributed by atoms with E-state index in [0.29, 0.717) is 26.2 Å². The van der Waals surface area contributed by atoms with Gasteiger partial charge in [-0.25, -0.2) is 20.4 Å². The number of urea groups is 2. The van der Waals surface area contributed by atoms with Crippen molar-refractivity contribution in [1.82, 2.24) is 30.5 Å². The van der Waals surface area contributed by atoms with Crippen LogP contribution in [0.3, 0.4) is 0 Å². The van der Waals surface area contributed by atoms with Crippen molar-refractivity contribution >= 4 is 12.1 Å². The van der Waals surface area contributed by atoms with Crippen LogP contribution in [-0.2, 0) is 0 Å². The molecular weight excluding hydrogens is 260 g/mol. The zero-order chi connectivity index (χ0) is 14.5. The highest BCUT2D eigenvalue weighted by atomic mass is 16.2. The van der Waals surface area contributed by atoms with Crippen molar-refractivity contribution in [1.29, 1.82) is 0 Å². The van der Waals surface area contributed by atoms with Crippen LogP contribution in [0.5, 0.6) is 0 Å². The SMILES string of the molecule is CN1CCN(C(=O)NNC(=O)N2CCN(C)CC2)CC1. The number of hydrogen-bond donors (Lipinski definition) is 2. The summed E-state index contributed by atoms with van der Waals surface area (Å²) in [4.78, 5) is 31.6. The van der Waals surface area contributed by atoms with Gasteiger partial charge in [0.2, 0.25) is 0 Å². The highest BCUT2D eigenvalue weighted by Gasteiger charge is 2.22. The van der Waals surface area contributed by atoms with Gasteiger partial charge in [0.25, 0.3) is 0 Å². The number of hydrazine groups is 1. The molecule has 2 aliphatic heterocycles. The van der Waals surface area contributed by atoms with Crippen LogP contribution in [0.1, 0.15) is 0 Å². The molecule has 2 fully saturated rings. The summed E-state index contributed by atoms with van der Waals surface area (Å²) >= 11 is 0. The van der Waals surface area contributed by atoms with Crippen molar-refractivity contribution in [3.63, 3.8) is 0 Å². The van der Waals surface area contributed by atoms with E-state index in [1.54, 1.807) is 9.80 Å². The predicted octanol–water partition coefficient (Wildman–Crippen LogP) is -1.18. The van der Waals surface area contributed by atoms with Gasteiger partial charge in [0.05, 0.1) is 0 Å². The molecule has 0 spiro atoms. The second-order valence-corrected chi connectivity index (χ2v) is 5.44. The fraction of sp³-hybridized carbons (Fsp3) is 0.833. The van der Waals surface area contributed by atoms with Crippen molar-refractivity contribution in [3.8, 4) is 0 Å². The summed E-state index contributed by atoms with van der Waals surface area (Å²) < 4.78 is 0. The number of rotatable bonds is 0. The van der Waals surface area contributed by atoms with E-state index in [2.05, 4.69) is 20.7 Å². The molecule has 0 aromatic carbocycles. The summed E-state index contributed by atoms with van der Waals surface area (Å²) in [5, 5.41) is 0. The van der Waals surface area contributed by atoms with Gasteiger partial charge in [0.15, 0.2) is 0 Å². The summed E-state index contributed by atoms with van der Waals surface area (Å²) in [5.74, 6) is 0. The summed E-state index contributed by atoms with van der Waals surface area (Å²) in [6.07, 6.45) is 0. The number of piperazine rings is 2. The van der Waals surface area contributed by atoms with Crippen molar-refractivity contribution in [2.75, 3.05) is 66.5 Å². The molecule has 0 saturated carbocycles. The Morgan fingerprint density at radius 2 is 0.950 bits per heavy atom. The van der Waals surface area contributed by atoms with Crippen LogP contribution in [0, 0.1) is 0 Å². The normalized spacial score (nSPS) is 21.7. The Kier molecular flexibility index (Phi) is 5.02. The molecule has 2 N–H and O–H groups in total. The first-order valence-corrected chi connectivity index (χ1v) is 7.03. The molecule has 0 unspecified atom stereocenters. The minimum absolute atomic E-state index is 0.236. The predicted molar refractivity (Wildman–Crippen MR) is 75.2 cm³/mol. The molecule has 0 atom stereocenters. The fourth-order valence-electron chi connectivity index (χ4n) is 2.28. The number of nitrogens with one attached hydrogen (secondary N) is 2. The number of carbonyl (C=O) groups excluding carboxylic acids is 2. The number of hydrogen-bond acceptors (Lipinski definition) is 4. The van der Waals surface area contributed by atoms with Gasteiger partial charge in [0.1, 0.15) is 0 Å². The first kappa shape index (κ1) is 14.9. The first-order chi connectivity index (χ1) is 9.56. The second-order valence-electron chi connectivity index (χ2n) is 5.44. The standard InChI is InChI=1S/C12H24N6O2/c1-15-3-7-17(8-4-15)11(19)13-14-12(20)18-9-5-16(2)6-10-18/h3-10H2,1-2H3,(H,13,19)(H,14,20). The van der Waals surface area contributed by atoms with E-state index in [-0.39, 0.29) is 12.1 Å². The van der Waals surface area contributed by atoms with E-state index < -0.39 is 0 Å². The molecule has 0 aromatic rings. The lowest BCUT2D eigenvalue weighted by molar-refractivity contribution is 0.139. The molecule has 2 aliphatic rings. The van der Waals surface area contributed by atoms with Gasteiger partial charge in [-0.3, -0.25) is 0 Å². The number of amides is 4. The molecule has 2 saturated heterocycles. The van der Waals surface area contributed by atoms with E-state index >= 15 is 0 Å². The number of likely N-dealkylation sites (N-methyl/N-ethyl adjacent to an activating group) is 2. The lowest BCUT2D eigenvalue weighted by Gasteiger charge is -2.34. The summed E-state index contributed by atoms with van der Waals surface area (Å²) in [5.41, 5.74) is 4.98. The lowest BCUT2D eigenvalue weighted by atomic mass is 10.3. The Hall–Kier alpha value is -1.54. The van der Waals surface area contributed by atoms with E-state index in [4.69, 9.17) is 0 Å². The molecule has 0 radical (unpaired) electrons. The monoisotopic (exact) mass is 284 g/mol.